The molecule has 1 aromatic rings. The Balaban J connectivity index is 1.89. The number of anilines is 2. The number of carbonyl (C=O) groups excluding carboxylic acids is 1. The topological polar surface area (TPSA) is 56.8 Å². The Hall–Kier alpha value is -1.93. The Bertz CT molecular complexity index is 560. The first-order valence-electron chi connectivity index (χ1n) is 7.86. The van der Waals surface area contributed by atoms with Crippen LogP contribution in [0.5, 0.6) is 0 Å². The van der Waals surface area contributed by atoms with Crippen molar-refractivity contribution >= 4 is 17.4 Å². The smallest absolute Gasteiger partial charge is 0.319 e. The number of halogens is 2. The van der Waals surface area contributed by atoms with Gasteiger partial charge in [-0.15, -0.1) is 0 Å². The minimum atomic E-state index is -0.720. The molecule has 6 nitrogen and oxygen atoms in total. The molecule has 8 heteroatoms. The van der Waals surface area contributed by atoms with Gasteiger partial charge in [0.1, 0.15) is 5.69 Å². The second-order valence-electron chi connectivity index (χ2n) is 6.06. The molecule has 1 fully saturated rings. The second kappa shape index (κ2) is 8.25. The van der Waals surface area contributed by atoms with E-state index in [2.05, 4.69) is 15.5 Å². The summed E-state index contributed by atoms with van der Waals surface area (Å²) in [6.45, 7) is 3.09. The van der Waals surface area contributed by atoms with Crippen molar-refractivity contribution < 1.29 is 18.3 Å². The van der Waals surface area contributed by atoms with Gasteiger partial charge in [0.15, 0.2) is 11.6 Å². The van der Waals surface area contributed by atoms with E-state index in [9.17, 15) is 13.6 Å². The summed E-state index contributed by atoms with van der Waals surface area (Å²) < 4.78 is 32.9. The predicted molar refractivity (Wildman–Crippen MR) is 89.6 cm³/mol. The number of likely N-dealkylation sites (tertiary alicyclic amines) is 1. The first-order valence-corrected chi connectivity index (χ1v) is 7.86. The first-order chi connectivity index (χ1) is 11.4. The van der Waals surface area contributed by atoms with E-state index in [-0.39, 0.29) is 17.4 Å². The van der Waals surface area contributed by atoms with Gasteiger partial charge >= 0.3 is 6.03 Å². The van der Waals surface area contributed by atoms with Crippen molar-refractivity contribution in [3.8, 4) is 0 Å². The average molecular weight is 342 g/mol. The highest BCUT2D eigenvalue weighted by Crippen LogP contribution is 2.25. The molecule has 1 aliphatic rings. The summed E-state index contributed by atoms with van der Waals surface area (Å²) in [5.41, 5.74) is -0.0483. The van der Waals surface area contributed by atoms with Crippen LogP contribution in [0.1, 0.15) is 6.42 Å². The van der Waals surface area contributed by atoms with Crippen LogP contribution in [0.4, 0.5) is 25.0 Å². The van der Waals surface area contributed by atoms with Crippen LogP contribution in [-0.2, 0) is 4.74 Å². The molecule has 134 valence electrons. The van der Waals surface area contributed by atoms with Crippen LogP contribution >= 0.6 is 0 Å². The zero-order valence-corrected chi connectivity index (χ0v) is 14.2. The van der Waals surface area contributed by atoms with E-state index in [0.29, 0.717) is 6.61 Å². The summed E-state index contributed by atoms with van der Waals surface area (Å²) in [6, 6.07) is 1.76. The molecule has 2 rings (SSSR count). The highest BCUT2D eigenvalue weighted by atomic mass is 19.1. The maximum atomic E-state index is 13.9. The highest BCUT2D eigenvalue weighted by molar-refractivity contribution is 5.89. The Kier molecular flexibility index (Phi) is 6.33. The largest absolute Gasteiger partial charge is 0.383 e. The number of hydrogen-bond donors (Lipinski definition) is 2. The Morgan fingerprint density at radius 3 is 2.62 bits per heavy atom. The molecule has 1 saturated heterocycles. The molecule has 0 aromatic heterocycles. The van der Waals surface area contributed by atoms with Gasteiger partial charge in [-0.05, 0) is 18.6 Å². The molecule has 2 N–H and O–H groups in total. The van der Waals surface area contributed by atoms with Crippen molar-refractivity contribution in [2.45, 2.75) is 12.5 Å². The van der Waals surface area contributed by atoms with Gasteiger partial charge in [0.2, 0.25) is 0 Å². The van der Waals surface area contributed by atoms with Crippen molar-refractivity contribution in [3.63, 3.8) is 0 Å². The number of nitrogens with zero attached hydrogens (tertiary/aromatic N) is 2. The lowest BCUT2D eigenvalue weighted by Gasteiger charge is -2.18. The van der Waals surface area contributed by atoms with E-state index in [1.165, 1.54) is 4.90 Å². The predicted octanol–water partition coefficient (Wildman–Crippen LogP) is 1.87. The normalized spacial score (nSPS) is 17.8. The quantitative estimate of drug-likeness (QED) is 0.829. The zero-order chi connectivity index (χ0) is 17.7. The van der Waals surface area contributed by atoms with Crippen LogP contribution in [-0.4, -0.2) is 64.4 Å². The average Bonchev–Trinajstić information content (AvgIpc) is 2.91. The number of benzene rings is 1. The van der Waals surface area contributed by atoms with Crippen molar-refractivity contribution in [1.82, 2.24) is 10.2 Å². The summed E-state index contributed by atoms with van der Waals surface area (Å²) >= 11 is 0. The molecule has 0 bridgehead atoms. The number of amides is 2. The fourth-order valence-electron chi connectivity index (χ4n) is 2.79. The molecule has 2 amide bonds. The maximum absolute atomic E-state index is 13.9. The molecule has 0 unspecified atom stereocenters. The minimum absolute atomic E-state index is 0.0117. The lowest BCUT2D eigenvalue weighted by molar-refractivity contribution is 0.160. The number of rotatable bonds is 6. The number of methoxy groups -OCH3 is 1. The van der Waals surface area contributed by atoms with Crippen molar-refractivity contribution in [2.24, 2.45) is 0 Å². The van der Waals surface area contributed by atoms with Gasteiger partial charge in [0.25, 0.3) is 0 Å². The zero-order valence-electron chi connectivity index (χ0n) is 14.2. The van der Waals surface area contributed by atoms with Crippen molar-refractivity contribution in [1.29, 1.82) is 0 Å². The molecule has 0 spiro atoms. The molecule has 1 atom stereocenters. The molecular formula is C16H24F2N4O2. The summed E-state index contributed by atoms with van der Waals surface area (Å²) in [7, 11) is 4.76. The SMILES string of the molecule is COCCN1CC[C@H](NC(=O)Nc2cc(F)c(N(C)C)c(F)c2)C1. The van der Waals surface area contributed by atoms with Gasteiger partial charge in [-0.1, -0.05) is 0 Å². The van der Waals surface area contributed by atoms with Gasteiger partial charge in [0, 0.05) is 52.6 Å². The molecule has 1 aromatic carbocycles. The van der Waals surface area contributed by atoms with Crippen LogP contribution in [0.2, 0.25) is 0 Å². The van der Waals surface area contributed by atoms with Crippen LogP contribution in [0.25, 0.3) is 0 Å². The molecule has 0 radical (unpaired) electrons. The monoisotopic (exact) mass is 342 g/mol. The number of carbonyl (C=O) groups is 1. The van der Waals surface area contributed by atoms with Gasteiger partial charge in [-0.3, -0.25) is 4.90 Å². The third-order valence-electron chi connectivity index (χ3n) is 3.94. The fourth-order valence-corrected chi connectivity index (χ4v) is 2.79. The molecule has 24 heavy (non-hydrogen) atoms. The molecular weight excluding hydrogens is 318 g/mol. The third-order valence-corrected chi connectivity index (χ3v) is 3.94. The Labute approximate surface area is 140 Å². The number of urea groups is 1. The number of nitrogens with one attached hydrogen (secondary N) is 2. The van der Waals surface area contributed by atoms with Crippen molar-refractivity contribution in [2.75, 3.05) is 57.7 Å². The third kappa shape index (κ3) is 4.78. The summed E-state index contributed by atoms with van der Waals surface area (Å²) in [5, 5.41) is 5.31. The molecule has 0 saturated carbocycles. The summed E-state index contributed by atoms with van der Waals surface area (Å²) in [5.74, 6) is -1.44. The van der Waals surface area contributed by atoms with Gasteiger partial charge in [-0.2, -0.15) is 0 Å². The molecule has 1 aliphatic heterocycles. The van der Waals surface area contributed by atoms with Crippen molar-refractivity contribution in [3.05, 3.63) is 23.8 Å². The lowest BCUT2D eigenvalue weighted by Crippen LogP contribution is -2.40. The van der Waals surface area contributed by atoms with Crippen LogP contribution in [0.15, 0.2) is 12.1 Å². The first kappa shape index (κ1) is 18.4. The second-order valence-corrected chi connectivity index (χ2v) is 6.06. The minimum Gasteiger partial charge on any atom is -0.383 e. The lowest BCUT2D eigenvalue weighted by atomic mass is 10.2. The van der Waals surface area contributed by atoms with E-state index in [1.54, 1.807) is 21.2 Å². The molecule has 1 heterocycles. The summed E-state index contributed by atoms with van der Waals surface area (Å²) in [6.07, 6.45) is 0.833. The maximum Gasteiger partial charge on any atom is 0.319 e. The van der Waals surface area contributed by atoms with E-state index in [4.69, 9.17) is 4.74 Å². The highest BCUT2D eigenvalue weighted by Gasteiger charge is 2.23. The van der Waals surface area contributed by atoms with E-state index < -0.39 is 17.7 Å². The van der Waals surface area contributed by atoms with E-state index in [1.807, 2.05) is 0 Å². The number of ether oxygens (including phenoxy) is 1. The van der Waals surface area contributed by atoms with Crippen LogP contribution < -0.4 is 15.5 Å². The Morgan fingerprint density at radius 1 is 1.38 bits per heavy atom. The molecule has 0 aliphatic carbocycles. The summed E-state index contributed by atoms with van der Waals surface area (Å²) in [4.78, 5) is 15.6. The van der Waals surface area contributed by atoms with Gasteiger partial charge < -0.3 is 20.3 Å². The van der Waals surface area contributed by atoms with Crippen LogP contribution in [0.3, 0.4) is 0 Å². The van der Waals surface area contributed by atoms with Gasteiger partial charge in [0.05, 0.1) is 6.61 Å². The van der Waals surface area contributed by atoms with E-state index in [0.717, 1.165) is 38.2 Å². The standard InChI is InChI=1S/C16H24F2N4O2/c1-21(2)15-13(17)8-12(9-14(15)18)20-16(23)19-11-4-5-22(10-11)6-7-24-3/h8-9,11H,4-7,10H2,1-3H3,(H2,19,20,23)/t11-/m0/s1. The van der Waals surface area contributed by atoms with E-state index >= 15 is 0 Å². The van der Waals surface area contributed by atoms with Gasteiger partial charge in [-0.25, -0.2) is 13.6 Å². The number of hydrogen-bond acceptors (Lipinski definition) is 4. The Morgan fingerprint density at radius 2 is 2.04 bits per heavy atom. The fraction of sp³-hybridized carbons (Fsp3) is 0.562. The van der Waals surface area contributed by atoms with Crippen LogP contribution in [0, 0.1) is 11.6 Å².